The fourth-order valence-corrected chi connectivity index (χ4v) is 4.66. The first-order chi connectivity index (χ1) is 13.1. The van der Waals surface area contributed by atoms with E-state index in [4.69, 9.17) is 0 Å². The van der Waals surface area contributed by atoms with Crippen molar-refractivity contribution in [3.05, 3.63) is 57.5 Å². The van der Waals surface area contributed by atoms with Crippen LogP contribution in [0.1, 0.15) is 22.4 Å². The highest BCUT2D eigenvalue weighted by Gasteiger charge is 2.34. The molecule has 0 saturated carbocycles. The molecule has 27 heavy (non-hydrogen) atoms. The van der Waals surface area contributed by atoms with Gasteiger partial charge in [-0.15, -0.1) is 11.3 Å². The third-order valence-corrected chi connectivity index (χ3v) is 6.32. The number of hydrogen-bond acceptors (Lipinski definition) is 4. The van der Waals surface area contributed by atoms with Gasteiger partial charge in [-0.05, 0) is 29.5 Å². The number of benzene rings is 1. The number of nitrogens with zero attached hydrogens (tertiary/aromatic N) is 2. The van der Waals surface area contributed by atoms with Crippen molar-refractivity contribution in [1.29, 1.82) is 0 Å². The van der Waals surface area contributed by atoms with E-state index in [-0.39, 0.29) is 24.1 Å². The molecule has 1 atom stereocenters. The Hall–Kier alpha value is -2.25. The maximum absolute atomic E-state index is 14.0. The predicted octanol–water partition coefficient (Wildman–Crippen LogP) is 2.16. The maximum Gasteiger partial charge on any atom is 0.237 e. The number of hydrogen-bond donors (Lipinski definition) is 1. The molecule has 2 aliphatic rings. The molecule has 1 saturated heterocycles. The first kappa shape index (κ1) is 18.1. The van der Waals surface area contributed by atoms with Gasteiger partial charge in [0.25, 0.3) is 0 Å². The third kappa shape index (κ3) is 3.89. The maximum atomic E-state index is 14.0. The fraction of sp³-hybridized carbons (Fsp3) is 0.400. The van der Waals surface area contributed by atoms with Gasteiger partial charge in [0, 0.05) is 43.2 Å². The molecule has 7 heteroatoms. The minimum absolute atomic E-state index is 0.0209. The summed E-state index contributed by atoms with van der Waals surface area (Å²) in [7, 11) is 0. The molecule has 1 fully saturated rings. The molecule has 1 aromatic heterocycles. The van der Waals surface area contributed by atoms with Crippen LogP contribution in [0.15, 0.2) is 35.7 Å². The summed E-state index contributed by atoms with van der Waals surface area (Å²) >= 11 is 1.73. The van der Waals surface area contributed by atoms with E-state index in [0.29, 0.717) is 38.3 Å². The quantitative estimate of drug-likeness (QED) is 0.875. The van der Waals surface area contributed by atoms with Crippen molar-refractivity contribution < 1.29 is 14.0 Å². The molecule has 2 amide bonds. The SMILES string of the molecule is O=C1NCCN(Cc2ccccc2F)C1CC(=O)N1CCc2sccc2C1. The van der Waals surface area contributed by atoms with Crippen molar-refractivity contribution in [1.82, 2.24) is 15.1 Å². The molecule has 2 aromatic rings. The lowest BCUT2D eigenvalue weighted by Crippen LogP contribution is -2.56. The molecular formula is C20H22FN3O2S. The van der Waals surface area contributed by atoms with E-state index in [1.807, 2.05) is 9.80 Å². The zero-order valence-electron chi connectivity index (χ0n) is 15.0. The number of rotatable bonds is 4. The molecule has 5 nitrogen and oxygen atoms in total. The Labute approximate surface area is 161 Å². The molecule has 0 radical (unpaired) electrons. The second-order valence-corrected chi connectivity index (χ2v) is 8.01. The van der Waals surface area contributed by atoms with Crippen molar-refractivity contribution in [2.75, 3.05) is 19.6 Å². The molecule has 4 rings (SSSR count). The highest BCUT2D eigenvalue weighted by atomic mass is 32.1. The Morgan fingerprint density at radius 3 is 2.96 bits per heavy atom. The number of thiophene rings is 1. The van der Waals surface area contributed by atoms with Gasteiger partial charge in [0.05, 0.1) is 12.5 Å². The number of carbonyl (C=O) groups is 2. The van der Waals surface area contributed by atoms with Gasteiger partial charge >= 0.3 is 0 Å². The van der Waals surface area contributed by atoms with Gasteiger partial charge < -0.3 is 10.2 Å². The second-order valence-electron chi connectivity index (χ2n) is 7.01. The van der Waals surface area contributed by atoms with E-state index in [0.717, 1.165) is 6.42 Å². The summed E-state index contributed by atoms with van der Waals surface area (Å²) in [4.78, 5) is 30.4. The van der Waals surface area contributed by atoms with Crippen molar-refractivity contribution in [2.45, 2.75) is 32.0 Å². The van der Waals surface area contributed by atoms with E-state index < -0.39 is 6.04 Å². The zero-order valence-corrected chi connectivity index (χ0v) is 15.8. The van der Waals surface area contributed by atoms with Crippen LogP contribution in [0, 0.1) is 5.82 Å². The minimum Gasteiger partial charge on any atom is -0.353 e. The zero-order chi connectivity index (χ0) is 18.8. The van der Waals surface area contributed by atoms with Gasteiger partial charge in [-0.25, -0.2) is 4.39 Å². The first-order valence-corrected chi connectivity index (χ1v) is 10.1. The number of fused-ring (bicyclic) bond motifs is 1. The normalized spacial score (nSPS) is 20.3. The Kier molecular flexibility index (Phi) is 5.22. The summed E-state index contributed by atoms with van der Waals surface area (Å²) in [5, 5.41) is 4.90. The van der Waals surface area contributed by atoms with Crippen LogP contribution in [0.2, 0.25) is 0 Å². The summed E-state index contributed by atoms with van der Waals surface area (Å²) in [6, 6.07) is 8.09. The highest BCUT2D eigenvalue weighted by Crippen LogP contribution is 2.25. The molecule has 1 N–H and O–H groups in total. The summed E-state index contributed by atoms with van der Waals surface area (Å²) in [5.74, 6) is -0.457. The van der Waals surface area contributed by atoms with E-state index in [1.165, 1.54) is 16.5 Å². The van der Waals surface area contributed by atoms with Gasteiger partial charge in [0.1, 0.15) is 5.82 Å². The molecule has 0 aliphatic carbocycles. The Morgan fingerprint density at radius 1 is 1.26 bits per heavy atom. The smallest absolute Gasteiger partial charge is 0.237 e. The average Bonchev–Trinajstić information content (AvgIpc) is 3.14. The topological polar surface area (TPSA) is 52.7 Å². The van der Waals surface area contributed by atoms with Crippen molar-refractivity contribution >= 4 is 23.2 Å². The Morgan fingerprint density at radius 2 is 2.11 bits per heavy atom. The number of nitrogens with one attached hydrogen (secondary N) is 1. The monoisotopic (exact) mass is 387 g/mol. The molecule has 1 unspecified atom stereocenters. The van der Waals surface area contributed by atoms with Crippen LogP contribution in [0.5, 0.6) is 0 Å². The van der Waals surface area contributed by atoms with Crippen LogP contribution in [0.25, 0.3) is 0 Å². The van der Waals surface area contributed by atoms with Crippen LogP contribution in [0.3, 0.4) is 0 Å². The van der Waals surface area contributed by atoms with Crippen LogP contribution in [-0.4, -0.2) is 47.3 Å². The lowest BCUT2D eigenvalue weighted by atomic mass is 10.0. The summed E-state index contributed by atoms with van der Waals surface area (Å²) in [6.07, 6.45) is 0.994. The van der Waals surface area contributed by atoms with E-state index >= 15 is 0 Å². The average molecular weight is 387 g/mol. The Bertz CT molecular complexity index is 853. The van der Waals surface area contributed by atoms with Gasteiger partial charge in [-0.1, -0.05) is 18.2 Å². The molecule has 0 spiro atoms. The summed E-state index contributed by atoms with van der Waals surface area (Å²) in [5.41, 5.74) is 1.75. The van der Waals surface area contributed by atoms with E-state index in [2.05, 4.69) is 16.8 Å². The number of amides is 2. The third-order valence-electron chi connectivity index (χ3n) is 5.30. The largest absolute Gasteiger partial charge is 0.353 e. The fourth-order valence-electron chi connectivity index (χ4n) is 3.77. The Balaban J connectivity index is 1.45. The summed E-state index contributed by atoms with van der Waals surface area (Å²) in [6.45, 7) is 2.74. The number of piperazine rings is 1. The number of carbonyl (C=O) groups excluding carboxylic acids is 2. The van der Waals surface area contributed by atoms with Crippen LogP contribution in [-0.2, 0) is 29.1 Å². The van der Waals surface area contributed by atoms with Crippen molar-refractivity contribution in [3.8, 4) is 0 Å². The first-order valence-electron chi connectivity index (χ1n) is 9.20. The van der Waals surface area contributed by atoms with Crippen LogP contribution >= 0.6 is 11.3 Å². The standard InChI is InChI=1S/C20H22FN3O2S/c21-16-4-2-1-3-14(16)12-23-9-7-22-20(26)17(23)11-19(25)24-8-5-18-15(13-24)6-10-27-18/h1-4,6,10,17H,5,7-9,11-13H2,(H,22,26). The van der Waals surface area contributed by atoms with Gasteiger partial charge in [0.15, 0.2) is 0 Å². The summed E-state index contributed by atoms with van der Waals surface area (Å²) < 4.78 is 14.0. The molecule has 2 aliphatic heterocycles. The molecule has 3 heterocycles. The minimum atomic E-state index is -0.560. The van der Waals surface area contributed by atoms with Crippen molar-refractivity contribution in [2.24, 2.45) is 0 Å². The van der Waals surface area contributed by atoms with Crippen LogP contribution < -0.4 is 5.32 Å². The lowest BCUT2D eigenvalue weighted by Gasteiger charge is -2.36. The van der Waals surface area contributed by atoms with Gasteiger partial charge in [-0.2, -0.15) is 0 Å². The van der Waals surface area contributed by atoms with Crippen LogP contribution in [0.4, 0.5) is 4.39 Å². The molecule has 1 aromatic carbocycles. The lowest BCUT2D eigenvalue weighted by molar-refractivity contribution is -0.139. The second kappa shape index (κ2) is 7.78. The molecule has 0 bridgehead atoms. The molecular weight excluding hydrogens is 365 g/mol. The van der Waals surface area contributed by atoms with E-state index in [1.54, 1.807) is 29.5 Å². The predicted molar refractivity (Wildman–Crippen MR) is 102 cm³/mol. The molecule has 142 valence electrons. The van der Waals surface area contributed by atoms with Gasteiger partial charge in [-0.3, -0.25) is 14.5 Å². The van der Waals surface area contributed by atoms with Gasteiger partial charge in [0.2, 0.25) is 11.8 Å². The number of halogens is 1. The van der Waals surface area contributed by atoms with Crippen molar-refractivity contribution in [3.63, 3.8) is 0 Å². The highest BCUT2D eigenvalue weighted by molar-refractivity contribution is 7.10. The van der Waals surface area contributed by atoms with E-state index in [9.17, 15) is 14.0 Å².